The quantitative estimate of drug-likeness (QED) is 0.803. The third-order valence-corrected chi connectivity index (χ3v) is 4.02. The lowest BCUT2D eigenvalue weighted by Crippen LogP contribution is -2.38. The fraction of sp³-hybridized carbons (Fsp3) is 0.500. The van der Waals surface area contributed by atoms with Crippen LogP contribution in [0.15, 0.2) is 24.3 Å². The molecule has 2 N–H and O–H groups in total. The summed E-state index contributed by atoms with van der Waals surface area (Å²) in [5, 5.41) is 11.8. The van der Waals surface area contributed by atoms with E-state index in [9.17, 15) is 14.4 Å². The molecule has 2 rings (SSSR count). The number of nitrogens with zero attached hydrogens (tertiary/aromatic N) is 1. The minimum Gasteiger partial charge on any atom is -0.480 e. The molecule has 1 aromatic carbocycles. The highest BCUT2D eigenvalue weighted by molar-refractivity contribution is 5.99. The molecular formula is C18H24N2O4. The van der Waals surface area contributed by atoms with E-state index in [1.165, 1.54) is 4.90 Å². The van der Waals surface area contributed by atoms with Crippen LogP contribution in [0, 0.1) is 17.8 Å². The molecule has 0 spiro atoms. The summed E-state index contributed by atoms with van der Waals surface area (Å²) in [5.41, 5.74) is 0.934. The molecule has 6 nitrogen and oxygen atoms in total. The van der Waals surface area contributed by atoms with Crippen molar-refractivity contribution in [2.24, 2.45) is 17.8 Å². The smallest absolute Gasteiger partial charge is 0.323 e. The number of rotatable bonds is 7. The van der Waals surface area contributed by atoms with Crippen molar-refractivity contribution in [1.29, 1.82) is 0 Å². The number of carboxylic acid groups (broad SMARTS) is 1. The summed E-state index contributed by atoms with van der Waals surface area (Å²) >= 11 is 0. The van der Waals surface area contributed by atoms with Crippen LogP contribution in [0.25, 0.3) is 0 Å². The standard InChI is InChI=1S/C18H24N2O4/c1-11(2)9-20(10-16(21)22)18(24)13-5-4-6-14(8-13)19-17(23)15-7-12(15)3/h4-6,8,11-12,15H,7,9-10H2,1-3H3,(H,19,23)(H,21,22). The maximum Gasteiger partial charge on any atom is 0.323 e. The molecule has 2 atom stereocenters. The van der Waals surface area contributed by atoms with Crippen LogP contribution in [0.5, 0.6) is 0 Å². The van der Waals surface area contributed by atoms with E-state index in [-0.39, 0.29) is 30.2 Å². The monoisotopic (exact) mass is 332 g/mol. The molecule has 1 fully saturated rings. The number of carbonyl (C=O) groups excluding carboxylic acids is 2. The molecule has 0 saturated heterocycles. The third-order valence-electron chi connectivity index (χ3n) is 4.02. The fourth-order valence-electron chi connectivity index (χ4n) is 2.66. The van der Waals surface area contributed by atoms with Crippen LogP contribution in [-0.2, 0) is 9.59 Å². The molecule has 2 amide bonds. The number of hydrogen-bond donors (Lipinski definition) is 2. The maximum absolute atomic E-state index is 12.6. The Kier molecular flexibility index (Phi) is 5.59. The molecule has 1 aliphatic carbocycles. The second-order valence-electron chi connectivity index (χ2n) is 6.86. The van der Waals surface area contributed by atoms with Gasteiger partial charge in [-0.15, -0.1) is 0 Å². The topological polar surface area (TPSA) is 86.7 Å². The highest BCUT2D eigenvalue weighted by Gasteiger charge is 2.39. The first-order chi connectivity index (χ1) is 11.3. The van der Waals surface area contributed by atoms with E-state index in [0.717, 1.165) is 6.42 Å². The minimum atomic E-state index is -1.05. The number of carboxylic acids is 1. The lowest BCUT2D eigenvalue weighted by molar-refractivity contribution is -0.137. The van der Waals surface area contributed by atoms with E-state index in [0.29, 0.717) is 23.7 Å². The van der Waals surface area contributed by atoms with Gasteiger partial charge in [-0.05, 0) is 36.5 Å². The molecule has 0 bridgehead atoms. The van der Waals surface area contributed by atoms with Crippen LogP contribution in [0.4, 0.5) is 5.69 Å². The summed E-state index contributed by atoms with van der Waals surface area (Å²) in [6.07, 6.45) is 0.894. The highest BCUT2D eigenvalue weighted by Crippen LogP contribution is 2.38. The van der Waals surface area contributed by atoms with Gasteiger partial charge in [0.2, 0.25) is 5.91 Å². The van der Waals surface area contributed by atoms with Gasteiger partial charge in [0.25, 0.3) is 5.91 Å². The van der Waals surface area contributed by atoms with Crippen molar-refractivity contribution in [1.82, 2.24) is 4.90 Å². The van der Waals surface area contributed by atoms with Gasteiger partial charge in [0.05, 0.1) is 0 Å². The molecule has 1 saturated carbocycles. The van der Waals surface area contributed by atoms with E-state index in [2.05, 4.69) is 5.32 Å². The summed E-state index contributed by atoms with van der Waals surface area (Å²) < 4.78 is 0. The van der Waals surface area contributed by atoms with Gasteiger partial charge in [0, 0.05) is 23.7 Å². The van der Waals surface area contributed by atoms with E-state index < -0.39 is 5.97 Å². The molecule has 1 aromatic rings. The summed E-state index contributed by atoms with van der Waals surface area (Å²) in [4.78, 5) is 36.9. The van der Waals surface area contributed by atoms with Crippen molar-refractivity contribution < 1.29 is 19.5 Å². The number of amides is 2. The molecule has 1 aliphatic rings. The normalized spacial score (nSPS) is 19.0. The third kappa shape index (κ3) is 4.81. The molecule has 130 valence electrons. The van der Waals surface area contributed by atoms with Crippen molar-refractivity contribution in [2.75, 3.05) is 18.4 Å². The van der Waals surface area contributed by atoms with Gasteiger partial charge in [0.1, 0.15) is 6.54 Å². The van der Waals surface area contributed by atoms with Crippen molar-refractivity contribution in [2.45, 2.75) is 27.2 Å². The zero-order valence-corrected chi connectivity index (χ0v) is 14.3. The Balaban J connectivity index is 2.11. The molecule has 0 aliphatic heterocycles. The van der Waals surface area contributed by atoms with E-state index >= 15 is 0 Å². The van der Waals surface area contributed by atoms with E-state index in [1.54, 1.807) is 24.3 Å². The lowest BCUT2D eigenvalue weighted by atomic mass is 10.1. The molecule has 24 heavy (non-hydrogen) atoms. The maximum atomic E-state index is 12.6. The largest absolute Gasteiger partial charge is 0.480 e. The number of nitrogens with one attached hydrogen (secondary N) is 1. The van der Waals surface area contributed by atoms with Crippen molar-refractivity contribution >= 4 is 23.5 Å². The zero-order chi connectivity index (χ0) is 17.9. The first-order valence-corrected chi connectivity index (χ1v) is 8.20. The van der Waals surface area contributed by atoms with Crippen LogP contribution in [0.3, 0.4) is 0 Å². The number of anilines is 1. The van der Waals surface area contributed by atoms with Gasteiger partial charge in [-0.3, -0.25) is 14.4 Å². The van der Waals surface area contributed by atoms with E-state index in [4.69, 9.17) is 5.11 Å². The molecule has 2 unspecified atom stereocenters. The fourth-order valence-corrected chi connectivity index (χ4v) is 2.66. The van der Waals surface area contributed by atoms with Gasteiger partial charge < -0.3 is 15.3 Å². The molecular weight excluding hydrogens is 308 g/mol. The number of aliphatic carboxylic acids is 1. The van der Waals surface area contributed by atoms with Gasteiger partial charge >= 0.3 is 5.97 Å². The van der Waals surface area contributed by atoms with Crippen molar-refractivity contribution in [3.8, 4) is 0 Å². The van der Waals surface area contributed by atoms with E-state index in [1.807, 2.05) is 20.8 Å². The molecule has 0 radical (unpaired) electrons. The van der Waals surface area contributed by atoms with Gasteiger partial charge in [0.15, 0.2) is 0 Å². The first-order valence-electron chi connectivity index (χ1n) is 8.20. The van der Waals surface area contributed by atoms with Crippen LogP contribution < -0.4 is 5.32 Å². The molecule has 0 heterocycles. The summed E-state index contributed by atoms with van der Waals surface area (Å²) in [7, 11) is 0. The lowest BCUT2D eigenvalue weighted by Gasteiger charge is -2.23. The second-order valence-corrected chi connectivity index (χ2v) is 6.86. The summed E-state index contributed by atoms with van der Waals surface area (Å²) in [6.45, 7) is 5.90. The first kappa shape index (κ1) is 18.0. The van der Waals surface area contributed by atoms with Gasteiger partial charge in [-0.25, -0.2) is 0 Å². The molecule has 6 heteroatoms. The summed E-state index contributed by atoms with van der Waals surface area (Å²) in [5.74, 6) is -0.803. The van der Waals surface area contributed by atoms with Crippen LogP contribution >= 0.6 is 0 Å². The van der Waals surface area contributed by atoms with Crippen LogP contribution in [-0.4, -0.2) is 40.9 Å². The number of carbonyl (C=O) groups is 3. The Bertz CT molecular complexity index is 642. The van der Waals surface area contributed by atoms with Crippen LogP contribution in [0.1, 0.15) is 37.6 Å². The average molecular weight is 332 g/mol. The number of hydrogen-bond acceptors (Lipinski definition) is 3. The van der Waals surface area contributed by atoms with Crippen LogP contribution in [0.2, 0.25) is 0 Å². The SMILES string of the molecule is CC(C)CN(CC(=O)O)C(=O)c1cccc(NC(=O)C2CC2C)c1. The number of benzene rings is 1. The zero-order valence-electron chi connectivity index (χ0n) is 14.3. The predicted octanol–water partition coefficient (Wildman–Crippen LogP) is 2.46. The van der Waals surface area contributed by atoms with Gasteiger partial charge in [-0.2, -0.15) is 0 Å². The van der Waals surface area contributed by atoms with Crippen molar-refractivity contribution in [3.05, 3.63) is 29.8 Å². The second kappa shape index (κ2) is 7.47. The minimum absolute atomic E-state index is 0.0309. The van der Waals surface area contributed by atoms with Crippen molar-refractivity contribution in [3.63, 3.8) is 0 Å². The Morgan fingerprint density at radius 1 is 1.33 bits per heavy atom. The Morgan fingerprint density at radius 2 is 2.00 bits per heavy atom. The highest BCUT2D eigenvalue weighted by atomic mass is 16.4. The molecule has 0 aromatic heterocycles. The predicted molar refractivity (Wildman–Crippen MR) is 90.7 cm³/mol. The summed E-state index contributed by atoms with van der Waals surface area (Å²) in [6, 6.07) is 6.65. The average Bonchev–Trinajstić information content (AvgIpc) is 3.22. The van der Waals surface area contributed by atoms with Gasteiger partial charge in [-0.1, -0.05) is 26.8 Å². The Hall–Kier alpha value is -2.37. The Morgan fingerprint density at radius 3 is 2.54 bits per heavy atom. The Labute approximate surface area is 141 Å².